The van der Waals surface area contributed by atoms with Crippen LogP contribution in [0.4, 0.5) is 28.0 Å². The monoisotopic (exact) mass is 396 g/mol. The Morgan fingerprint density at radius 3 is 2.68 bits per heavy atom. The molecule has 0 saturated heterocycles. The van der Waals surface area contributed by atoms with Crippen molar-refractivity contribution >= 4 is 22.8 Å². The summed E-state index contributed by atoms with van der Waals surface area (Å²) in [4.78, 5) is 16.4. The number of hydrogen-bond acceptors (Lipinski definition) is 3. The quantitative estimate of drug-likeness (QED) is 0.654. The van der Waals surface area contributed by atoms with Gasteiger partial charge in [-0.3, -0.25) is 0 Å². The van der Waals surface area contributed by atoms with Crippen LogP contribution in [0.25, 0.3) is 11.0 Å². The number of anilines is 1. The van der Waals surface area contributed by atoms with Gasteiger partial charge in [0.2, 0.25) is 0 Å². The van der Waals surface area contributed by atoms with Crippen LogP contribution in [0.5, 0.6) is 5.75 Å². The van der Waals surface area contributed by atoms with Crippen LogP contribution in [0.2, 0.25) is 0 Å². The number of hydrogen-bond donors (Lipinski definition) is 2. The molecule has 2 aromatic carbocycles. The number of halogens is 4. The highest BCUT2D eigenvalue weighted by molar-refractivity contribution is 5.90. The number of fused-ring (bicyclic) bond motifs is 1. The number of carbonyl (C=O) groups is 1. The van der Waals surface area contributed by atoms with Gasteiger partial charge in [0.25, 0.3) is 0 Å². The first-order chi connectivity index (χ1) is 13.2. The standard InChI is InChI=1S/C18H16F4N4O2/c1-26-9-24-14-5-6-15(28-2)11(16(14)26)8-23-17(27)25-10-3-4-13(19)12(7-10)18(20,21)22/h3-7,9H,8H2,1-2H3,(H2,23,25,27). The fourth-order valence-electron chi connectivity index (χ4n) is 2.84. The molecule has 2 N–H and O–H groups in total. The van der Waals surface area contributed by atoms with E-state index in [1.54, 1.807) is 30.1 Å². The number of aromatic nitrogens is 2. The third-order valence-electron chi connectivity index (χ3n) is 4.12. The highest BCUT2D eigenvalue weighted by atomic mass is 19.4. The van der Waals surface area contributed by atoms with Gasteiger partial charge in [-0.25, -0.2) is 14.2 Å². The van der Waals surface area contributed by atoms with E-state index in [9.17, 15) is 22.4 Å². The summed E-state index contributed by atoms with van der Waals surface area (Å²) in [5.41, 5.74) is 0.475. The zero-order chi connectivity index (χ0) is 20.5. The fourth-order valence-corrected chi connectivity index (χ4v) is 2.84. The molecule has 28 heavy (non-hydrogen) atoms. The van der Waals surface area contributed by atoms with Crippen molar-refractivity contribution in [2.24, 2.45) is 7.05 Å². The third-order valence-corrected chi connectivity index (χ3v) is 4.12. The van der Waals surface area contributed by atoms with Gasteiger partial charge >= 0.3 is 12.2 Å². The summed E-state index contributed by atoms with van der Waals surface area (Å²) in [7, 11) is 3.27. The van der Waals surface area contributed by atoms with E-state index in [1.165, 1.54) is 7.11 Å². The number of urea groups is 1. The van der Waals surface area contributed by atoms with Crippen molar-refractivity contribution in [3.05, 3.63) is 53.6 Å². The topological polar surface area (TPSA) is 68.2 Å². The molecule has 0 aliphatic heterocycles. The largest absolute Gasteiger partial charge is 0.496 e. The van der Waals surface area contributed by atoms with Gasteiger partial charge in [-0.05, 0) is 30.3 Å². The van der Waals surface area contributed by atoms with Crippen LogP contribution in [0.3, 0.4) is 0 Å². The average molecular weight is 396 g/mol. The lowest BCUT2D eigenvalue weighted by Gasteiger charge is -2.14. The number of nitrogens with one attached hydrogen (secondary N) is 2. The van der Waals surface area contributed by atoms with Crippen molar-refractivity contribution < 1.29 is 27.1 Å². The first-order valence-corrected chi connectivity index (χ1v) is 8.09. The van der Waals surface area contributed by atoms with Gasteiger partial charge in [0, 0.05) is 18.3 Å². The van der Waals surface area contributed by atoms with E-state index in [4.69, 9.17) is 4.74 Å². The number of aryl methyl sites for hydroxylation is 1. The molecule has 1 aromatic heterocycles. The van der Waals surface area contributed by atoms with E-state index in [0.29, 0.717) is 29.0 Å². The van der Waals surface area contributed by atoms with Crippen LogP contribution in [0.15, 0.2) is 36.7 Å². The molecule has 2 amide bonds. The van der Waals surface area contributed by atoms with E-state index in [1.807, 2.05) is 0 Å². The number of amides is 2. The number of rotatable bonds is 4. The summed E-state index contributed by atoms with van der Waals surface area (Å²) >= 11 is 0. The van der Waals surface area contributed by atoms with Gasteiger partial charge in [-0.15, -0.1) is 0 Å². The number of benzene rings is 2. The molecule has 3 aromatic rings. The molecule has 0 unspecified atom stereocenters. The Balaban J connectivity index is 1.77. The summed E-state index contributed by atoms with van der Waals surface area (Å²) in [5, 5.41) is 4.82. The molecule has 1 heterocycles. The fraction of sp³-hybridized carbons (Fsp3) is 0.222. The van der Waals surface area contributed by atoms with Crippen molar-refractivity contribution in [2.75, 3.05) is 12.4 Å². The van der Waals surface area contributed by atoms with Crippen molar-refractivity contribution in [1.29, 1.82) is 0 Å². The van der Waals surface area contributed by atoms with Gasteiger partial charge in [-0.2, -0.15) is 13.2 Å². The maximum Gasteiger partial charge on any atom is 0.419 e. The third kappa shape index (κ3) is 3.85. The Kier molecular flexibility index (Phi) is 5.12. The van der Waals surface area contributed by atoms with Crippen molar-refractivity contribution in [2.45, 2.75) is 12.7 Å². The van der Waals surface area contributed by atoms with Gasteiger partial charge in [0.1, 0.15) is 11.6 Å². The number of ether oxygens (including phenoxy) is 1. The van der Waals surface area contributed by atoms with E-state index in [2.05, 4.69) is 15.6 Å². The maximum absolute atomic E-state index is 13.3. The lowest BCUT2D eigenvalue weighted by Crippen LogP contribution is -2.28. The molecule has 0 radical (unpaired) electrons. The molecule has 0 spiro atoms. The van der Waals surface area contributed by atoms with Crippen molar-refractivity contribution in [3.63, 3.8) is 0 Å². The Morgan fingerprint density at radius 1 is 1.25 bits per heavy atom. The Hall–Kier alpha value is -3.30. The second-order valence-electron chi connectivity index (χ2n) is 5.97. The van der Waals surface area contributed by atoms with Crippen LogP contribution in [0.1, 0.15) is 11.1 Å². The SMILES string of the molecule is COc1ccc2ncn(C)c2c1CNC(=O)Nc1ccc(F)c(C(F)(F)F)c1. The lowest BCUT2D eigenvalue weighted by atomic mass is 10.1. The molecule has 3 rings (SSSR count). The molecule has 0 fully saturated rings. The molecule has 148 valence electrons. The first kappa shape index (κ1) is 19.5. The number of alkyl halides is 3. The minimum absolute atomic E-state index is 0.0409. The highest BCUT2D eigenvalue weighted by Gasteiger charge is 2.34. The van der Waals surface area contributed by atoms with E-state index < -0.39 is 23.6 Å². The van der Waals surface area contributed by atoms with Gasteiger partial charge < -0.3 is 19.9 Å². The Labute approximate surface area is 157 Å². The predicted octanol–water partition coefficient (Wildman–Crippen LogP) is 4.06. The van der Waals surface area contributed by atoms with Crippen LogP contribution in [-0.4, -0.2) is 22.7 Å². The molecule has 6 nitrogen and oxygen atoms in total. The molecule has 0 bridgehead atoms. The number of nitrogens with zero attached hydrogens (tertiary/aromatic N) is 2. The van der Waals surface area contributed by atoms with Gasteiger partial charge in [0.15, 0.2) is 0 Å². The molecule has 0 aliphatic rings. The normalized spacial score (nSPS) is 11.5. The zero-order valence-electron chi connectivity index (χ0n) is 14.9. The molecule has 0 aliphatic carbocycles. The summed E-state index contributed by atoms with van der Waals surface area (Å²) in [5.74, 6) is -0.886. The molecule has 0 atom stereocenters. The number of imidazole rings is 1. The smallest absolute Gasteiger partial charge is 0.419 e. The summed E-state index contributed by atoms with van der Waals surface area (Å²) < 4.78 is 58.8. The molecular formula is C18H16F4N4O2. The molecular weight excluding hydrogens is 380 g/mol. The van der Waals surface area contributed by atoms with Crippen LogP contribution >= 0.6 is 0 Å². The summed E-state index contributed by atoms with van der Waals surface area (Å²) in [6, 6.07) is 4.97. The van der Waals surface area contributed by atoms with E-state index in [-0.39, 0.29) is 12.2 Å². The van der Waals surface area contributed by atoms with Crippen molar-refractivity contribution in [1.82, 2.24) is 14.9 Å². The van der Waals surface area contributed by atoms with E-state index in [0.717, 1.165) is 11.6 Å². The summed E-state index contributed by atoms with van der Waals surface area (Å²) in [6.45, 7) is 0.0409. The molecule has 10 heteroatoms. The van der Waals surface area contributed by atoms with Gasteiger partial charge in [0.05, 0.1) is 36.6 Å². The lowest BCUT2D eigenvalue weighted by molar-refractivity contribution is -0.139. The number of carbonyl (C=O) groups excluding carboxylic acids is 1. The predicted molar refractivity (Wildman–Crippen MR) is 94.5 cm³/mol. The minimum atomic E-state index is -4.86. The van der Waals surface area contributed by atoms with E-state index >= 15 is 0 Å². The van der Waals surface area contributed by atoms with Crippen LogP contribution < -0.4 is 15.4 Å². The Bertz CT molecular complexity index is 1030. The van der Waals surface area contributed by atoms with Crippen LogP contribution in [-0.2, 0) is 19.8 Å². The highest BCUT2D eigenvalue weighted by Crippen LogP contribution is 2.33. The summed E-state index contributed by atoms with van der Waals surface area (Å²) in [6.07, 6.45) is -3.24. The number of methoxy groups -OCH3 is 1. The first-order valence-electron chi connectivity index (χ1n) is 8.09. The second-order valence-corrected chi connectivity index (χ2v) is 5.97. The average Bonchev–Trinajstić information content (AvgIpc) is 3.01. The van der Waals surface area contributed by atoms with Crippen molar-refractivity contribution in [3.8, 4) is 5.75 Å². The molecule has 0 saturated carbocycles. The van der Waals surface area contributed by atoms with Crippen LogP contribution in [0, 0.1) is 5.82 Å². The van der Waals surface area contributed by atoms with Gasteiger partial charge in [-0.1, -0.05) is 0 Å². The second kappa shape index (κ2) is 7.37. The minimum Gasteiger partial charge on any atom is -0.496 e. The Morgan fingerprint density at radius 2 is 2.00 bits per heavy atom. The zero-order valence-corrected chi connectivity index (χ0v) is 14.9. The maximum atomic E-state index is 13.3.